The number of allylic oxidation sites excluding steroid dienone is 1. The van der Waals surface area contributed by atoms with E-state index in [1.54, 1.807) is 12.3 Å². The van der Waals surface area contributed by atoms with Crippen molar-refractivity contribution < 1.29 is 14.6 Å². The Kier molecular flexibility index (Phi) is 4.92. The fraction of sp³-hybridized carbons (Fsp3) is 0.571. The lowest BCUT2D eigenvalue weighted by Gasteiger charge is -2.14. The Morgan fingerprint density at radius 1 is 1.60 bits per heavy atom. The van der Waals surface area contributed by atoms with E-state index < -0.39 is 5.69 Å². The van der Waals surface area contributed by atoms with E-state index in [-0.39, 0.29) is 18.9 Å². The van der Waals surface area contributed by atoms with Crippen molar-refractivity contribution in [1.29, 1.82) is 0 Å². The van der Waals surface area contributed by atoms with E-state index in [1.165, 1.54) is 4.57 Å². The van der Waals surface area contributed by atoms with Crippen molar-refractivity contribution in [1.82, 2.24) is 9.55 Å². The van der Waals surface area contributed by atoms with Crippen molar-refractivity contribution >= 4 is 0 Å². The van der Waals surface area contributed by atoms with Gasteiger partial charge in [-0.2, -0.15) is 4.98 Å². The zero-order valence-electron chi connectivity index (χ0n) is 11.8. The van der Waals surface area contributed by atoms with E-state index in [9.17, 15) is 4.79 Å². The van der Waals surface area contributed by atoms with Gasteiger partial charge in [-0.1, -0.05) is 5.57 Å². The lowest BCUT2D eigenvalue weighted by molar-refractivity contribution is -0.0247. The summed E-state index contributed by atoms with van der Waals surface area (Å²) in [6.45, 7) is 4.32. The van der Waals surface area contributed by atoms with Gasteiger partial charge >= 0.3 is 5.69 Å². The molecule has 0 radical (unpaired) electrons. The number of rotatable bonds is 5. The molecule has 1 aromatic rings. The first kappa shape index (κ1) is 14.7. The number of aromatic nitrogens is 2. The molecular formula is C14H20N2O4. The van der Waals surface area contributed by atoms with Gasteiger partial charge in [0.1, 0.15) is 12.8 Å². The normalized spacial score (nSPS) is 21.8. The zero-order chi connectivity index (χ0) is 14.5. The molecule has 1 aliphatic heterocycles. The van der Waals surface area contributed by atoms with Crippen LogP contribution in [0.25, 0.3) is 0 Å². The maximum Gasteiger partial charge on any atom is 0.352 e. The minimum absolute atomic E-state index is 0.0252. The van der Waals surface area contributed by atoms with Crippen LogP contribution in [0.15, 0.2) is 28.7 Å². The molecule has 0 saturated carbocycles. The molecule has 1 aliphatic rings. The monoisotopic (exact) mass is 280 g/mol. The van der Waals surface area contributed by atoms with Crippen molar-refractivity contribution in [2.24, 2.45) is 0 Å². The Morgan fingerprint density at radius 2 is 2.40 bits per heavy atom. The highest BCUT2D eigenvalue weighted by atomic mass is 16.5. The third-order valence-electron chi connectivity index (χ3n) is 3.13. The molecule has 2 heterocycles. The summed E-state index contributed by atoms with van der Waals surface area (Å²) >= 11 is 0. The summed E-state index contributed by atoms with van der Waals surface area (Å²) in [5, 5.41) is 9.03. The van der Waals surface area contributed by atoms with Crippen LogP contribution in [0.3, 0.4) is 0 Å². The van der Waals surface area contributed by atoms with Gasteiger partial charge < -0.3 is 14.6 Å². The highest BCUT2D eigenvalue weighted by molar-refractivity contribution is 5.07. The van der Waals surface area contributed by atoms with E-state index >= 15 is 0 Å². The number of hydrogen-bond donors (Lipinski definition) is 1. The maximum atomic E-state index is 11.9. The summed E-state index contributed by atoms with van der Waals surface area (Å²) in [5.74, 6) is 0.306. The quantitative estimate of drug-likeness (QED) is 0.822. The molecular weight excluding hydrogens is 260 g/mol. The molecule has 0 spiro atoms. The molecule has 2 atom stereocenters. The van der Waals surface area contributed by atoms with Gasteiger partial charge in [0.25, 0.3) is 0 Å². The SMILES string of the molecule is CC(C)=CCOc1ccn(C2CCC(CO)O2)c(=O)n1. The predicted octanol–water partition coefficient (Wildman–Crippen LogP) is 1.26. The molecule has 6 nitrogen and oxygen atoms in total. The smallest absolute Gasteiger partial charge is 0.352 e. The van der Waals surface area contributed by atoms with Crippen molar-refractivity contribution in [3.8, 4) is 5.88 Å². The van der Waals surface area contributed by atoms with Gasteiger partial charge in [-0.15, -0.1) is 0 Å². The van der Waals surface area contributed by atoms with Gasteiger partial charge in [-0.05, 0) is 32.8 Å². The molecule has 0 aliphatic carbocycles. The Balaban J connectivity index is 2.03. The standard InChI is InChI=1S/C14H20N2O4/c1-10(2)6-8-19-12-5-7-16(14(18)15-12)13-4-3-11(9-17)20-13/h5-7,11,13,17H,3-4,8-9H2,1-2H3. The van der Waals surface area contributed by atoms with Crippen LogP contribution in [0.1, 0.15) is 32.9 Å². The first-order valence-corrected chi connectivity index (χ1v) is 6.72. The van der Waals surface area contributed by atoms with Crippen LogP contribution in [-0.2, 0) is 4.74 Å². The van der Waals surface area contributed by atoms with E-state index in [2.05, 4.69) is 4.98 Å². The summed E-state index contributed by atoms with van der Waals surface area (Å²) in [5.41, 5.74) is 0.746. The average molecular weight is 280 g/mol. The largest absolute Gasteiger partial charge is 0.473 e. The Labute approximate surface area is 117 Å². The molecule has 1 N–H and O–H groups in total. The minimum Gasteiger partial charge on any atom is -0.473 e. The van der Waals surface area contributed by atoms with Gasteiger partial charge in [-0.25, -0.2) is 4.79 Å². The predicted molar refractivity (Wildman–Crippen MR) is 73.7 cm³/mol. The molecule has 0 bridgehead atoms. The molecule has 1 fully saturated rings. The Morgan fingerprint density at radius 3 is 3.00 bits per heavy atom. The van der Waals surface area contributed by atoms with Gasteiger partial charge in [-0.3, -0.25) is 4.57 Å². The maximum absolute atomic E-state index is 11.9. The first-order valence-electron chi connectivity index (χ1n) is 6.72. The van der Waals surface area contributed by atoms with Crippen molar-refractivity contribution in [2.45, 2.75) is 39.0 Å². The van der Waals surface area contributed by atoms with Crippen molar-refractivity contribution in [3.05, 3.63) is 34.4 Å². The molecule has 2 unspecified atom stereocenters. The molecule has 0 aromatic carbocycles. The zero-order valence-corrected chi connectivity index (χ0v) is 11.8. The van der Waals surface area contributed by atoms with Crippen molar-refractivity contribution in [2.75, 3.05) is 13.2 Å². The fourth-order valence-electron chi connectivity index (χ4n) is 2.02. The van der Waals surface area contributed by atoms with Crippen LogP contribution in [0, 0.1) is 0 Å². The highest BCUT2D eigenvalue weighted by Gasteiger charge is 2.26. The lowest BCUT2D eigenvalue weighted by atomic mass is 10.2. The molecule has 0 amide bonds. The van der Waals surface area contributed by atoms with E-state index in [0.29, 0.717) is 18.9 Å². The summed E-state index contributed by atoms with van der Waals surface area (Å²) < 4.78 is 12.4. The number of aliphatic hydroxyl groups is 1. The summed E-state index contributed by atoms with van der Waals surface area (Å²) in [6, 6.07) is 1.65. The first-order chi connectivity index (χ1) is 9.60. The number of aliphatic hydroxyl groups excluding tert-OH is 1. The lowest BCUT2D eigenvalue weighted by Crippen LogP contribution is -2.27. The average Bonchev–Trinajstić information content (AvgIpc) is 2.87. The van der Waals surface area contributed by atoms with E-state index in [1.807, 2.05) is 19.9 Å². The van der Waals surface area contributed by atoms with Crippen LogP contribution in [0.2, 0.25) is 0 Å². The number of hydrogen-bond acceptors (Lipinski definition) is 5. The Bertz CT molecular complexity index is 534. The second-order valence-corrected chi connectivity index (χ2v) is 5.02. The Hall–Kier alpha value is -1.66. The molecule has 20 heavy (non-hydrogen) atoms. The second kappa shape index (κ2) is 6.67. The van der Waals surface area contributed by atoms with Crippen LogP contribution >= 0.6 is 0 Å². The van der Waals surface area contributed by atoms with Gasteiger partial charge in [0.05, 0.1) is 12.7 Å². The van der Waals surface area contributed by atoms with Crippen LogP contribution in [0.4, 0.5) is 0 Å². The van der Waals surface area contributed by atoms with Gasteiger partial charge in [0.2, 0.25) is 5.88 Å². The number of ether oxygens (including phenoxy) is 2. The van der Waals surface area contributed by atoms with E-state index in [0.717, 1.165) is 12.0 Å². The van der Waals surface area contributed by atoms with Crippen molar-refractivity contribution in [3.63, 3.8) is 0 Å². The topological polar surface area (TPSA) is 73.6 Å². The second-order valence-electron chi connectivity index (χ2n) is 5.02. The van der Waals surface area contributed by atoms with E-state index in [4.69, 9.17) is 14.6 Å². The summed E-state index contributed by atoms with van der Waals surface area (Å²) in [6.07, 6.45) is 4.44. The molecule has 110 valence electrons. The van der Waals surface area contributed by atoms with Crippen LogP contribution in [-0.4, -0.2) is 34.0 Å². The van der Waals surface area contributed by atoms with Gasteiger partial charge in [0, 0.05) is 12.3 Å². The molecule has 1 saturated heterocycles. The third kappa shape index (κ3) is 3.68. The molecule has 2 rings (SSSR count). The summed E-state index contributed by atoms with van der Waals surface area (Å²) in [4.78, 5) is 15.8. The molecule has 1 aromatic heterocycles. The fourth-order valence-corrected chi connectivity index (χ4v) is 2.02. The third-order valence-corrected chi connectivity index (χ3v) is 3.13. The minimum atomic E-state index is -0.400. The number of nitrogens with zero attached hydrogens (tertiary/aromatic N) is 2. The van der Waals surface area contributed by atoms with Crippen LogP contribution in [0.5, 0.6) is 5.88 Å². The van der Waals surface area contributed by atoms with Crippen LogP contribution < -0.4 is 10.4 Å². The molecule has 6 heteroatoms. The highest BCUT2D eigenvalue weighted by Crippen LogP contribution is 2.26. The van der Waals surface area contributed by atoms with Gasteiger partial charge in [0.15, 0.2) is 0 Å². The summed E-state index contributed by atoms with van der Waals surface area (Å²) in [7, 11) is 0.